The van der Waals surface area contributed by atoms with Gasteiger partial charge in [-0.3, -0.25) is 4.72 Å². The molecule has 0 atom stereocenters. The first-order chi connectivity index (χ1) is 9.95. The zero-order chi connectivity index (χ0) is 15.0. The molecule has 0 radical (unpaired) electrons. The van der Waals surface area contributed by atoms with Gasteiger partial charge in [0, 0.05) is 9.90 Å². The number of thiazole rings is 1. The van der Waals surface area contributed by atoms with Crippen LogP contribution < -0.4 is 4.72 Å². The van der Waals surface area contributed by atoms with Crippen molar-refractivity contribution in [1.82, 2.24) is 4.98 Å². The van der Waals surface area contributed by atoms with E-state index in [0.717, 1.165) is 36.9 Å². The Labute approximate surface area is 133 Å². The zero-order valence-electron chi connectivity index (χ0n) is 11.5. The maximum Gasteiger partial charge on any atom is 0.263 e. The van der Waals surface area contributed by atoms with Gasteiger partial charge in [-0.2, -0.15) is 0 Å². The number of anilines is 1. The summed E-state index contributed by atoms with van der Waals surface area (Å²) in [6.07, 6.45) is 4.19. The number of aromatic nitrogens is 1. The molecule has 0 bridgehead atoms. The van der Waals surface area contributed by atoms with E-state index in [4.69, 9.17) is 11.6 Å². The van der Waals surface area contributed by atoms with Crippen molar-refractivity contribution in [3.63, 3.8) is 0 Å². The number of rotatable bonds is 3. The van der Waals surface area contributed by atoms with Gasteiger partial charge in [0.05, 0.1) is 10.6 Å². The highest BCUT2D eigenvalue weighted by molar-refractivity contribution is 7.93. The summed E-state index contributed by atoms with van der Waals surface area (Å²) < 4.78 is 27.3. The average Bonchev–Trinajstić information content (AvgIpc) is 2.82. The standard InChI is InChI=1S/C14H15ClN2O2S2/c1-9-6-7-10(8-11(9)15)21(18,19)17-14-16-12-4-2-3-5-13(12)20-14/h6-8H,2-5H2,1H3,(H,16,17). The summed E-state index contributed by atoms with van der Waals surface area (Å²) >= 11 is 7.43. The van der Waals surface area contributed by atoms with Crippen LogP contribution in [0.2, 0.25) is 5.02 Å². The highest BCUT2D eigenvalue weighted by Gasteiger charge is 2.20. The van der Waals surface area contributed by atoms with Gasteiger partial charge < -0.3 is 0 Å². The van der Waals surface area contributed by atoms with E-state index in [2.05, 4.69) is 9.71 Å². The molecule has 21 heavy (non-hydrogen) atoms. The van der Waals surface area contributed by atoms with E-state index in [0.29, 0.717) is 10.2 Å². The number of halogens is 1. The number of fused-ring (bicyclic) bond motifs is 1. The molecule has 0 fully saturated rings. The summed E-state index contributed by atoms with van der Waals surface area (Å²) in [5, 5.41) is 0.884. The van der Waals surface area contributed by atoms with Crippen LogP contribution in [0, 0.1) is 6.92 Å². The summed E-state index contributed by atoms with van der Waals surface area (Å²) in [5.74, 6) is 0. The highest BCUT2D eigenvalue weighted by atomic mass is 35.5. The summed E-state index contributed by atoms with van der Waals surface area (Å²) in [6.45, 7) is 1.83. The van der Waals surface area contributed by atoms with E-state index in [1.165, 1.54) is 22.3 Å². The topological polar surface area (TPSA) is 59.1 Å². The van der Waals surface area contributed by atoms with E-state index in [9.17, 15) is 8.42 Å². The Bertz CT molecular complexity index is 761. The normalized spacial score (nSPS) is 14.8. The quantitative estimate of drug-likeness (QED) is 0.923. The van der Waals surface area contributed by atoms with E-state index in [-0.39, 0.29) is 4.90 Å². The molecular weight excluding hydrogens is 328 g/mol. The van der Waals surface area contributed by atoms with Gasteiger partial charge in [-0.05, 0) is 50.3 Å². The van der Waals surface area contributed by atoms with Crippen molar-refractivity contribution in [3.05, 3.63) is 39.4 Å². The Morgan fingerprint density at radius 1 is 1.29 bits per heavy atom. The minimum absolute atomic E-state index is 0.159. The van der Waals surface area contributed by atoms with Crippen LogP contribution in [-0.2, 0) is 22.9 Å². The molecule has 0 saturated carbocycles. The average molecular weight is 343 g/mol. The number of aryl methyl sites for hydroxylation is 3. The van der Waals surface area contributed by atoms with Crippen LogP contribution >= 0.6 is 22.9 Å². The Hall–Kier alpha value is -1.11. The van der Waals surface area contributed by atoms with Crippen molar-refractivity contribution in [2.24, 2.45) is 0 Å². The molecule has 1 heterocycles. The maximum absolute atomic E-state index is 12.4. The molecule has 0 aliphatic heterocycles. The smallest absolute Gasteiger partial charge is 0.255 e. The number of nitrogens with zero attached hydrogens (tertiary/aromatic N) is 1. The van der Waals surface area contributed by atoms with E-state index in [1.54, 1.807) is 12.1 Å². The van der Waals surface area contributed by atoms with Crippen LogP contribution in [-0.4, -0.2) is 13.4 Å². The van der Waals surface area contributed by atoms with Gasteiger partial charge in [0.15, 0.2) is 5.13 Å². The van der Waals surface area contributed by atoms with E-state index < -0.39 is 10.0 Å². The minimum Gasteiger partial charge on any atom is -0.255 e. The lowest BCUT2D eigenvalue weighted by molar-refractivity contribution is 0.601. The lowest BCUT2D eigenvalue weighted by Gasteiger charge is -2.06. The minimum atomic E-state index is -3.64. The number of sulfonamides is 1. The van der Waals surface area contributed by atoms with Gasteiger partial charge in [-0.15, -0.1) is 11.3 Å². The highest BCUT2D eigenvalue weighted by Crippen LogP contribution is 2.31. The summed E-state index contributed by atoms with van der Waals surface area (Å²) in [6, 6.07) is 4.72. The first-order valence-electron chi connectivity index (χ1n) is 6.73. The third kappa shape index (κ3) is 3.07. The molecule has 0 saturated heterocycles. The SMILES string of the molecule is Cc1ccc(S(=O)(=O)Nc2nc3c(s2)CCCC3)cc1Cl. The molecule has 0 amide bonds. The van der Waals surface area contributed by atoms with Crippen molar-refractivity contribution in [2.75, 3.05) is 4.72 Å². The van der Waals surface area contributed by atoms with E-state index >= 15 is 0 Å². The molecule has 1 aromatic carbocycles. The molecule has 7 heteroatoms. The summed E-state index contributed by atoms with van der Waals surface area (Å²) in [5.41, 5.74) is 1.88. The Morgan fingerprint density at radius 3 is 2.76 bits per heavy atom. The molecule has 4 nitrogen and oxygen atoms in total. The van der Waals surface area contributed by atoms with Gasteiger partial charge in [-0.1, -0.05) is 17.7 Å². The van der Waals surface area contributed by atoms with E-state index in [1.807, 2.05) is 6.92 Å². The largest absolute Gasteiger partial charge is 0.263 e. The van der Waals surface area contributed by atoms with Crippen molar-refractivity contribution in [2.45, 2.75) is 37.5 Å². The zero-order valence-corrected chi connectivity index (χ0v) is 13.9. The van der Waals surface area contributed by atoms with Crippen molar-refractivity contribution in [3.8, 4) is 0 Å². The molecular formula is C14H15ClN2O2S2. The van der Waals surface area contributed by atoms with Crippen LogP contribution in [0.1, 0.15) is 29.0 Å². The van der Waals surface area contributed by atoms with Gasteiger partial charge in [0.25, 0.3) is 10.0 Å². The van der Waals surface area contributed by atoms with Gasteiger partial charge in [0.2, 0.25) is 0 Å². The molecule has 1 N–H and O–H groups in total. The van der Waals surface area contributed by atoms with Crippen molar-refractivity contribution >= 4 is 38.1 Å². The molecule has 112 valence electrons. The van der Waals surface area contributed by atoms with Gasteiger partial charge in [-0.25, -0.2) is 13.4 Å². The Kier molecular flexibility index (Phi) is 3.94. The molecule has 0 unspecified atom stereocenters. The Balaban J connectivity index is 1.88. The lowest BCUT2D eigenvalue weighted by Crippen LogP contribution is -2.13. The summed E-state index contributed by atoms with van der Waals surface area (Å²) in [4.78, 5) is 5.75. The molecule has 0 spiro atoms. The van der Waals surface area contributed by atoms with Gasteiger partial charge >= 0.3 is 0 Å². The molecule has 1 aliphatic carbocycles. The maximum atomic E-state index is 12.4. The second-order valence-electron chi connectivity index (χ2n) is 5.11. The number of hydrogen-bond donors (Lipinski definition) is 1. The third-order valence-electron chi connectivity index (χ3n) is 3.52. The van der Waals surface area contributed by atoms with Crippen LogP contribution in [0.25, 0.3) is 0 Å². The van der Waals surface area contributed by atoms with Crippen LogP contribution in [0.5, 0.6) is 0 Å². The van der Waals surface area contributed by atoms with Gasteiger partial charge in [0.1, 0.15) is 0 Å². The molecule has 1 aromatic heterocycles. The number of hydrogen-bond acceptors (Lipinski definition) is 4. The van der Waals surface area contributed by atoms with Crippen LogP contribution in [0.15, 0.2) is 23.1 Å². The molecule has 2 aromatic rings. The third-order valence-corrected chi connectivity index (χ3v) is 6.47. The van der Waals surface area contributed by atoms with Crippen molar-refractivity contribution < 1.29 is 8.42 Å². The van der Waals surface area contributed by atoms with Crippen molar-refractivity contribution in [1.29, 1.82) is 0 Å². The van der Waals surface area contributed by atoms with Crippen LogP contribution in [0.4, 0.5) is 5.13 Å². The fourth-order valence-corrected chi connectivity index (χ4v) is 4.87. The Morgan fingerprint density at radius 2 is 2.05 bits per heavy atom. The monoisotopic (exact) mass is 342 g/mol. The van der Waals surface area contributed by atoms with Crippen LogP contribution in [0.3, 0.4) is 0 Å². The summed E-state index contributed by atoms with van der Waals surface area (Å²) in [7, 11) is -3.64. The number of nitrogens with one attached hydrogen (secondary N) is 1. The predicted octanol–water partition coefficient (Wildman–Crippen LogP) is 3.78. The molecule has 1 aliphatic rings. The fraction of sp³-hybridized carbons (Fsp3) is 0.357. The second-order valence-corrected chi connectivity index (χ2v) is 8.29. The molecule has 3 rings (SSSR count). The number of benzene rings is 1. The first-order valence-corrected chi connectivity index (χ1v) is 9.41. The predicted molar refractivity (Wildman–Crippen MR) is 85.8 cm³/mol. The fourth-order valence-electron chi connectivity index (χ4n) is 2.31. The second kappa shape index (κ2) is 5.59. The first kappa shape index (κ1) is 14.8. The lowest BCUT2D eigenvalue weighted by atomic mass is 10.0.